The molecule has 0 fully saturated rings. The molecule has 0 amide bonds. The molecule has 0 saturated carbocycles. The fraction of sp³-hybridized carbons (Fsp3) is 0.211. The largest absolute Gasteiger partial charge is 0.507 e. The zero-order valence-corrected chi connectivity index (χ0v) is 14.1. The Balaban J connectivity index is 2.26. The molecule has 2 aromatic carbocycles. The summed E-state index contributed by atoms with van der Waals surface area (Å²) >= 11 is 5.65. The first-order valence-electron chi connectivity index (χ1n) is 7.55. The van der Waals surface area contributed by atoms with Crippen molar-refractivity contribution in [3.05, 3.63) is 46.5 Å². The normalized spacial score (nSPS) is 15.6. The Hall–Kier alpha value is -2.33. The molecule has 3 nitrogen and oxygen atoms in total. The molecule has 3 aromatic rings. The molecule has 0 aliphatic carbocycles. The van der Waals surface area contributed by atoms with Crippen molar-refractivity contribution in [2.75, 3.05) is 0 Å². The van der Waals surface area contributed by atoms with Gasteiger partial charge >= 0.3 is 0 Å². The number of phenols is 1. The van der Waals surface area contributed by atoms with Gasteiger partial charge in [-0.15, -0.1) is 0 Å². The van der Waals surface area contributed by atoms with Crippen LogP contribution in [0.3, 0.4) is 0 Å². The van der Waals surface area contributed by atoms with Gasteiger partial charge in [-0.25, -0.2) is 0 Å². The van der Waals surface area contributed by atoms with E-state index in [0.29, 0.717) is 15.6 Å². The number of benzene rings is 2. The quantitative estimate of drug-likeness (QED) is 0.469. The van der Waals surface area contributed by atoms with E-state index in [4.69, 9.17) is 17.0 Å². The van der Waals surface area contributed by atoms with E-state index in [1.807, 2.05) is 51.2 Å². The fourth-order valence-electron chi connectivity index (χ4n) is 3.28. The number of aromatic nitrogens is 1. The van der Waals surface area contributed by atoms with Crippen molar-refractivity contribution in [3.63, 3.8) is 0 Å². The molecule has 23 heavy (non-hydrogen) atoms. The van der Waals surface area contributed by atoms with Gasteiger partial charge in [0, 0.05) is 29.6 Å². The lowest BCUT2D eigenvalue weighted by molar-refractivity contribution is 0.159. The van der Waals surface area contributed by atoms with Gasteiger partial charge in [0.05, 0.1) is 15.4 Å². The molecule has 1 aliphatic heterocycles. The van der Waals surface area contributed by atoms with Gasteiger partial charge in [0.1, 0.15) is 17.1 Å². The standard InChI is InChI=1S/C19H17NO2S/c1-19(2)9-8-12-15(22-19)10-14(21)16-17(12)20(3)13-7-5-4-6-11(13)18(16)23/h4-10,21H,1-3H3. The molecular weight excluding hydrogens is 306 g/mol. The van der Waals surface area contributed by atoms with Gasteiger partial charge in [-0.3, -0.25) is 0 Å². The molecule has 0 unspecified atom stereocenters. The van der Waals surface area contributed by atoms with E-state index in [2.05, 4.69) is 10.6 Å². The minimum atomic E-state index is -0.390. The predicted molar refractivity (Wildman–Crippen MR) is 96.7 cm³/mol. The van der Waals surface area contributed by atoms with Crippen LogP contribution >= 0.6 is 12.2 Å². The summed E-state index contributed by atoms with van der Waals surface area (Å²) in [6, 6.07) is 9.66. The minimum absolute atomic E-state index is 0.163. The molecule has 0 bridgehead atoms. The zero-order chi connectivity index (χ0) is 16.4. The molecule has 0 radical (unpaired) electrons. The van der Waals surface area contributed by atoms with Crippen LogP contribution < -0.4 is 4.74 Å². The highest BCUT2D eigenvalue weighted by Gasteiger charge is 2.25. The summed E-state index contributed by atoms with van der Waals surface area (Å²) in [5.41, 5.74) is 2.50. The van der Waals surface area contributed by atoms with Crippen molar-refractivity contribution < 1.29 is 9.84 Å². The lowest BCUT2D eigenvalue weighted by Crippen LogP contribution is -2.27. The summed E-state index contributed by atoms with van der Waals surface area (Å²) < 4.78 is 8.77. The Morgan fingerprint density at radius 1 is 1.22 bits per heavy atom. The van der Waals surface area contributed by atoms with Crippen LogP contribution in [0, 0.1) is 4.51 Å². The first-order chi connectivity index (χ1) is 10.9. The topological polar surface area (TPSA) is 34.4 Å². The molecule has 0 saturated heterocycles. The Labute approximate surface area is 139 Å². The van der Waals surface area contributed by atoms with E-state index >= 15 is 0 Å². The van der Waals surface area contributed by atoms with Crippen molar-refractivity contribution in [1.29, 1.82) is 0 Å². The maximum absolute atomic E-state index is 10.6. The highest BCUT2D eigenvalue weighted by molar-refractivity contribution is 7.72. The summed E-state index contributed by atoms with van der Waals surface area (Å²) in [5, 5.41) is 12.2. The number of aryl methyl sites for hydroxylation is 1. The van der Waals surface area contributed by atoms with Gasteiger partial charge < -0.3 is 14.4 Å². The first-order valence-corrected chi connectivity index (χ1v) is 7.95. The molecule has 1 N–H and O–H groups in total. The van der Waals surface area contributed by atoms with E-state index < -0.39 is 0 Å². The summed E-state index contributed by atoms with van der Waals surface area (Å²) in [7, 11) is 1.99. The Morgan fingerprint density at radius 3 is 2.74 bits per heavy atom. The van der Waals surface area contributed by atoms with Crippen LogP contribution in [0.1, 0.15) is 19.4 Å². The Morgan fingerprint density at radius 2 is 1.96 bits per heavy atom. The highest BCUT2D eigenvalue weighted by atomic mass is 32.1. The van der Waals surface area contributed by atoms with E-state index in [0.717, 1.165) is 22.0 Å². The van der Waals surface area contributed by atoms with Crippen molar-refractivity contribution >= 4 is 40.1 Å². The van der Waals surface area contributed by atoms with Crippen LogP contribution in [0.4, 0.5) is 0 Å². The fourth-order valence-corrected chi connectivity index (χ4v) is 3.65. The van der Waals surface area contributed by atoms with E-state index in [-0.39, 0.29) is 11.4 Å². The number of aromatic hydroxyl groups is 1. The second kappa shape index (κ2) is 4.59. The smallest absolute Gasteiger partial charge is 0.133 e. The van der Waals surface area contributed by atoms with Crippen LogP contribution in [0.2, 0.25) is 0 Å². The third-order valence-corrected chi connectivity index (χ3v) is 4.80. The lowest BCUT2D eigenvalue weighted by atomic mass is 9.98. The number of phenolic OH excluding ortho intramolecular Hbond substituents is 1. The van der Waals surface area contributed by atoms with Gasteiger partial charge in [0.2, 0.25) is 0 Å². The number of para-hydroxylation sites is 1. The SMILES string of the molecule is Cn1c2ccccc2c(=S)c2c(O)cc3c(c21)C=CC(C)(C)O3. The number of nitrogens with zero attached hydrogens (tertiary/aromatic N) is 1. The Kier molecular flexibility index (Phi) is 2.85. The molecular formula is C19H17NO2S. The molecule has 0 spiro atoms. The van der Waals surface area contributed by atoms with Crippen molar-refractivity contribution in [2.45, 2.75) is 19.4 Å². The van der Waals surface area contributed by atoms with Crippen LogP contribution in [0.5, 0.6) is 11.5 Å². The molecule has 1 aliphatic rings. The summed E-state index contributed by atoms with van der Waals surface area (Å²) in [6.45, 7) is 3.99. The van der Waals surface area contributed by atoms with E-state index in [9.17, 15) is 5.11 Å². The highest BCUT2D eigenvalue weighted by Crippen LogP contribution is 2.42. The van der Waals surface area contributed by atoms with Crippen LogP contribution in [-0.4, -0.2) is 15.3 Å². The number of pyridine rings is 1. The van der Waals surface area contributed by atoms with Crippen molar-refractivity contribution in [2.24, 2.45) is 7.05 Å². The molecule has 116 valence electrons. The van der Waals surface area contributed by atoms with Crippen molar-refractivity contribution in [1.82, 2.24) is 4.57 Å². The number of ether oxygens (including phenoxy) is 1. The van der Waals surface area contributed by atoms with E-state index in [1.165, 1.54) is 0 Å². The third kappa shape index (κ3) is 1.98. The van der Waals surface area contributed by atoms with Gasteiger partial charge in [-0.05, 0) is 32.1 Å². The summed E-state index contributed by atoms with van der Waals surface area (Å²) in [4.78, 5) is 0. The second-order valence-electron chi connectivity index (χ2n) is 6.48. The number of hydrogen-bond acceptors (Lipinski definition) is 3. The van der Waals surface area contributed by atoms with Gasteiger partial charge in [0.15, 0.2) is 0 Å². The van der Waals surface area contributed by atoms with Gasteiger partial charge in [-0.1, -0.05) is 30.4 Å². The third-order valence-electron chi connectivity index (χ3n) is 4.38. The molecule has 4 heteroatoms. The molecule has 1 aromatic heterocycles. The Bertz CT molecular complexity index is 1060. The number of rotatable bonds is 0. The van der Waals surface area contributed by atoms with Crippen LogP contribution in [0.25, 0.3) is 27.9 Å². The van der Waals surface area contributed by atoms with Gasteiger partial charge in [-0.2, -0.15) is 0 Å². The predicted octanol–water partition coefficient (Wildman–Crippen LogP) is 4.95. The average molecular weight is 323 g/mol. The second-order valence-corrected chi connectivity index (χ2v) is 6.88. The van der Waals surface area contributed by atoms with Crippen LogP contribution in [-0.2, 0) is 7.05 Å². The van der Waals surface area contributed by atoms with Crippen molar-refractivity contribution in [3.8, 4) is 11.5 Å². The lowest BCUT2D eigenvalue weighted by Gasteiger charge is -2.29. The average Bonchev–Trinajstić information content (AvgIpc) is 2.50. The zero-order valence-electron chi connectivity index (χ0n) is 13.3. The summed E-state index contributed by atoms with van der Waals surface area (Å²) in [5.74, 6) is 0.846. The monoisotopic (exact) mass is 323 g/mol. The summed E-state index contributed by atoms with van der Waals surface area (Å²) in [6.07, 6.45) is 4.09. The number of fused-ring (bicyclic) bond motifs is 4. The maximum atomic E-state index is 10.6. The minimum Gasteiger partial charge on any atom is -0.507 e. The maximum Gasteiger partial charge on any atom is 0.133 e. The van der Waals surface area contributed by atoms with Crippen LogP contribution in [0.15, 0.2) is 36.4 Å². The first kappa shape index (κ1) is 14.3. The molecule has 2 heterocycles. The number of hydrogen-bond donors (Lipinski definition) is 1. The molecule has 0 atom stereocenters. The van der Waals surface area contributed by atoms with Gasteiger partial charge in [0.25, 0.3) is 0 Å². The molecule has 4 rings (SSSR count). The van der Waals surface area contributed by atoms with E-state index in [1.54, 1.807) is 6.07 Å².